The van der Waals surface area contributed by atoms with E-state index < -0.39 is 0 Å². The minimum atomic E-state index is -0.344. The zero-order valence-electron chi connectivity index (χ0n) is 11.9. The Hall–Kier alpha value is -2.25. The summed E-state index contributed by atoms with van der Waals surface area (Å²) in [6.45, 7) is -0.0550. The van der Waals surface area contributed by atoms with Crippen molar-refractivity contribution < 1.29 is 4.79 Å². The first-order valence-electron chi connectivity index (χ1n) is 6.79. The van der Waals surface area contributed by atoms with Gasteiger partial charge in [0.25, 0.3) is 5.91 Å². The van der Waals surface area contributed by atoms with Gasteiger partial charge in [0.2, 0.25) is 0 Å². The lowest BCUT2D eigenvalue weighted by atomic mass is 10.2. The molecule has 0 aliphatic carbocycles. The summed E-state index contributed by atoms with van der Waals surface area (Å²) in [6.07, 6.45) is 1.55. The summed E-state index contributed by atoms with van der Waals surface area (Å²) in [5, 5.41) is 3.91. The fraction of sp³-hybridized carbons (Fsp3) is 0.0625. The average molecular weight is 390 g/mol. The zero-order valence-corrected chi connectivity index (χ0v) is 14.3. The van der Waals surface area contributed by atoms with Crippen LogP contribution < -0.4 is 10.3 Å². The molecule has 0 fully saturated rings. The predicted octanol–water partition coefficient (Wildman–Crippen LogP) is 2.98. The molecule has 116 valence electrons. The molecule has 0 saturated heterocycles. The summed E-state index contributed by atoms with van der Waals surface area (Å²) in [5.41, 5.74) is 4.07. The Balaban J connectivity index is 1.68. The van der Waals surface area contributed by atoms with Crippen LogP contribution in [0.2, 0.25) is 0 Å². The van der Waals surface area contributed by atoms with Gasteiger partial charge in [-0.05, 0) is 29.8 Å². The second-order valence-electron chi connectivity index (χ2n) is 4.77. The van der Waals surface area contributed by atoms with Gasteiger partial charge in [0.15, 0.2) is 0 Å². The molecule has 0 bridgehead atoms. The molecule has 0 saturated carbocycles. The Morgan fingerprint density at radius 3 is 2.74 bits per heavy atom. The van der Waals surface area contributed by atoms with Gasteiger partial charge >= 0.3 is 4.87 Å². The standard InChI is InChI=1S/C16H12BrN3O2S/c17-12-7-5-11(6-8-12)9-18-19-15(21)10-20-13-3-1-2-4-14(13)23-16(20)22/h1-9H,10H2,(H,19,21)/b18-9+. The number of para-hydroxylation sites is 1. The van der Waals surface area contributed by atoms with E-state index in [4.69, 9.17) is 0 Å². The van der Waals surface area contributed by atoms with E-state index in [2.05, 4.69) is 26.5 Å². The fourth-order valence-corrected chi connectivity index (χ4v) is 3.23. The number of halogens is 1. The molecule has 5 nitrogen and oxygen atoms in total. The fourth-order valence-electron chi connectivity index (χ4n) is 2.07. The average Bonchev–Trinajstić information content (AvgIpc) is 2.85. The van der Waals surface area contributed by atoms with Crippen LogP contribution in [0.3, 0.4) is 0 Å². The molecule has 1 heterocycles. The van der Waals surface area contributed by atoms with Crippen molar-refractivity contribution in [3.8, 4) is 0 Å². The van der Waals surface area contributed by atoms with Crippen molar-refractivity contribution in [2.24, 2.45) is 5.10 Å². The highest BCUT2D eigenvalue weighted by Crippen LogP contribution is 2.16. The molecule has 0 spiro atoms. The lowest BCUT2D eigenvalue weighted by Gasteiger charge is -2.02. The predicted molar refractivity (Wildman–Crippen MR) is 96.0 cm³/mol. The number of rotatable bonds is 4. The van der Waals surface area contributed by atoms with Crippen LogP contribution in [-0.2, 0) is 11.3 Å². The van der Waals surface area contributed by atoms with E-state index in [0.29, 0.717) is 0 Å². The summed E-state index contributed by atoms with van der Waals surface area (Å²) >= 11 is 4.48. The number of hydrogen-bond acceptors (Lipinski definition) is 4. The minimum absolute atomic E-state index is 0.0550. The second-order valence-corrected chi connectivity index (χ2v) is 6.68. The molecule has 0 aliphatic heterocycles. The molecule has 7 heteroatoms. The van der Waals surface area contributed by atoms with Crippen LogP contribution in [0.1, 0.15) is 5.56 Å². The van der Waals surface area contributed by atoms with Gasteiger partial charge in [-0.2, -0.15) is 5.10 Å². The van der Waals surface area contributed by atoms with Gasteiger partial charge in [0.1, 0.15) is 6.54 Å². The van der Waals surface area contributed by atoms with Crippen molar-refractivity contribution in [2.75, 3.05) is 0 Å². The van der Waals surface area contributed by atoms with Crippen molar-refractivity contribution in [2.45, 2.75) is 6.54 Å². The number of benzene rings is 2. The van der Waals surface area contributed by atoms with Crippen molar-refractivity contribution in [3.05, 3.63) is 68.2 Å². The number of carbonyl (C=O) groups excluding carboxylic acids is 1. The van der Waals surface area contributed by atoms with E-state index in [9.17, 15) is 9.59 Å². The van der Waals surface area contributed by atoms with Gasteiger partial charge in [-0.25, -0.2) is 5.43 Å². The maximum absolute atomic E-state index is 12.0. The molecule has 0 radical (unpaired) electrons. The zero-order chi connectivity index (χ0) is 16.2. The van der Waals surface area contributed by atoms with Gasteiger partial charge in [-0.15, -0.1) is 0 Å². The van der Waals surface area contributed by atoms with Gasteiger partial charge in [0, 0.05) is 4.47 Å². The molecular weight excluding hydrogens is 378 g/mol. The smallest absolute Gasteiger partial charge is 0.289 e. The number of amides is 1. The molecule has 1 N–H and O–H groups in total. The van der Waals surface area contributed by atoms with Crippen LogP contribution in [0.4, 0.5) is 0 Å². The van der Waals surface area contributed by atoms with Gasteiger partial charge < -0.3 is 0 Å². The Morgan fingerprint density at radius 2 is 1.96 bits per heavy atom. The van der Waals surface area contributed by atoms with E-state index in [1.54, 1.807) is 6.21 Å². The lowest BCUT2D eigenvalue weighted by Crippen LogP contribution is -2.27. The van der Waals surface area contributed by atoms with E-state index >= 15 is 0 Å². The number of aromatic nitrogens is 1. The first kappa shape index (κ1) is 15.6. The minimum Gasteiger partial charge on any atom is -0.289 e. The van der Waals surface area contributed by atoms with Crippen LogP contribution in [0.15, 0.2) is 62.9 Å². The normalized spacial score (nSPS) is 11.2. The number of thiazole rings is 1. The van der Waals surface area contributed by atoms with Crippen LogP contribution in [0.25, 0.3) is 10.2 Å². The summed E-state index contributed by atoms with van der Waals surface area (Å²) in [4.78, 5) is 23.8. The second kappa shape index (κ2) is 6.89. The first-order chi connectivity index (χ1) is 11.1. The van der Waals surface area contributed by atoms with Crippen LogP contribution in [0.5, 0.6) is 0 Å². The third-order valence-corrected chi connectivity index (χ3v) is 4.64. The molecular formula is C16H12BrN3O2S. The summed E-state index contributed by atoms with van der Waals surface area (Å²) in [5.74, 6) is -0.344. The van der Waals surface area contributed by atoms with Crippen LogP contribution in [-0.4, -0.2) is 16.7 Å². The molecule has 1 aromatic heterocycles. The van der Waals surface area contributed by atoms with E-state index in [1.165, 1.54) is 4.57 Å². The van der Waals surface area contributed by atoms with Crippen molar-refractivity contribution in [3.63, 3.8) is 0 Å². The van der Waals surface area contributed by atoms with Crippen LogP contribution in [0, 0.1) is 0 Å². The topological polar surface area (TPSA) is 63.5 Å². The highest BCUT2D eigenvalue weighted by Gasteiger charge is 2.10. The SMILES string of the molecule is O=C(Cn1c(=O)sc2ccccc21)N/N=C/c1ccc(Br)cc1. The van der Waals surface area contributed by atoms with E-state index in [1.807, 2.05) is 48.5 Å². The van der Waals surface area contributed by atoms with Gasteiger partial charge in [0.05, 0.1) is 16.4 Å². The molecule has 3 rings (SSSR count). The Kier molecular flexibility index (Phi) is 4.68. The number of nitrogens with zero attached hydrogens (tertiary/aromatic N) is 2. The Labute approximate surface area is 144 Å². The number of fused-ring (bicyclic) bond motifs is 1. The number of hydrogen-bond donors (Lipinski definition) is 1. The van der Waals surface area contributed by atoms with Crippen LogP contribution >= 0.6 is 27.3 Å². The maximum atomic E-state index is 12.0. The van der Waals surface area contributed by atoms with E-state index in [-0.39, 0.29) is 17.3 Å². The quantitative estimate of drug-likeness (QED) is 0.550. The third-order valence-electron chi connectivity index (χ3n) is 3.15. The summed E-state index contributed by atoms with van der Waals surface area (Å²) < 4.78 is 3.29. The molecule has 3 aromatic rings. The molecule has 1 amide bonds. The number of hydrazone groups is 1. The van der Waals surface area contributed by atoms with Crippen molar-refractivity contribution in [1.29, 1.82) is 0 Å². The van der Waals surface area contributed by atoms with E-state index in [0.717, 1.165) is 31.6 Å². The number of nitrogens with one attached hydrogen (secondary N) is 1. The highest BCUT2D eigenvalue weighted by molar-refractivity contribution is 9.10. The van der Waals surface area contributed by atoms with Gasteiger partial charge in [-0.3, -0.25) is 14.2 Å². The van der Waals surface area contributed by atoms with Gasteiger partial charge in [-0.1, -0.05) is 51.5 Å². The lowest BCUT2D eigenvalue weighted by molar-refractivity contribution is -0.121. The Morgan fingerprint density at radius 1 is 1.22 bits per heavy atom. The summed E-state index contributed by atoms with van der Waals surface area (Å²) in [7, 11) is 0. The maximum Gasteiger partial charge on any atom is 0.308 e. The highest BCUT2D eigenvalue weighted by atomic mass is 79.9. The molecule has 0 aliphatic rings. The molecule has 0 unspecified atom stereocenters. The molecule has 23 heavy (non-hydrogen) atoms. The van der Waals surface area contributed by atoms with Crippen molar-refractivity contribution >= 4 is 49.6 Å². The first-order valence-corrected chi connectivity index (χ1v) is 8.40. The number of carbonyl (C=O) groups is 1. The summed E-state index contributed by atoms with van der Waals surface area (Å²) in [6, 6.07) is 14.9. The molecule has 0 atom stereocenters. The molecule has 2 aromatic carbocycles. The third kappa shape index (κ3) is 3.75. The Bertz CT molecular complexity index is 928. The largest absolute Gasteiger partial charge is 0.308 e. The van der Waals surface area contributed by atoms with Crippen molar-refractivity contribution in [1.82, 2.24) is 9.99 Å². The monoisotopic (exact) mass is 389 g/mol.